The Hall–Kier alpha value is -2.25. The minimum absolute atomic E-state index is 0.0190. The molecule has 5 nitrogen and oxygen atoms in total. The molecule has 1 amide bonds. The summed E-state index contributed by atoms with van der Waals surface area (Å²) in [6.45, 7) is 2.20. The Morgan fingerprint density at radius 3 is 2.57 bits per heavy atom. The minimum Gasteiger partial charge on any atom is -0.459 e. The zero-order valence-electron chi connectivity index (χ0n) is 15.6. The summed E-state index contributed by atoms with van der Waals surface area (Å²) in [5.74, 6) is -0.938. The van der Waals surface area contributed by atoms with E-state index >= 15 is 0 Å². The van der Waals surface area contributed by atoms with Gasteiger partial charge in [0.15, 0.2) is 5.76 Å². The van der Waals surface area contributed by atoms with Crippen molar-refractivity contribution in [3.05, 3.63) is 59.6 Å². The van der Waals surface area contributed by atoms with Gasteiger partial charge >= 0.3 is 0 Å². The van der Waals surface area contributed by atoms with E-state index in [1.165, 1.54) is 24.5 Å². The second kappa shape index (κ2) is 8.01. The number of nitrogens with one attached hydrogen (secondary N) is 1. The van der Waals surface area contributed by atoms with Gasteiger partial charge in [0.25, 0.3) is 5.91 Å². The lowest BCUT2D eigenvalue weighted by Gasteiger charge is -2.39. The van der Waals surface area contributed by atoms with E-state index in [1.807, 2.05) is 0 Å². The van der Waals surface area contributed by atoms with E-state index in [2.05, 4.69) is 10.2 Å². The normalized spacial score (nSPS) is 21.9. The predicted molar refractivity (Wildman–Crippen MR) is 98.7 cm³/mol. The molecule has 1 spiro atoms. The van der Waals surface area contributed by atoms with Crippen molar-refractivity contribution in [1.82, 2.24) is 10.2 Å². The SMILES string of the molecule is O=C(NC[C@H]1CCC2(CCN(Cc3c(F)cccc3F)CC2)O1)c1ccco1. The lowest BCUT2D eigenvalue weighted by atomic mass is 9.88. The first-order valence-electron chi connectivity index (χ1n) is 9.69. The van der Waals surface area contributed by atoms with Gasteiger partial charge in [-0.05, 0) is 49.9 Å². The number of ether oxygens (including phenoxy) is 1. The number of amides is 1. The maximum absolute atomic E-state index is 13.9. The van der Waals surface area contributed by atoms with Crippen molar-refractivity contribution >= 4 is 5.91 Å². The Kier molecular flexibility index (Phi) is 5.46. The van der Waals surface area contributed by atoms with Crippen LogP contribution in [0.3, 0.4) is 0 Å². The molecule has 1 N–H and O–H groups in total. The van der Waals surface area contributed by atoms with E-state index in [1.54, 1.807) is 12.1 Å². The summed E-state index contributed by atoms with van der Waals surface area (Å²) in [5, 5.41) is 2.85. The average molecular weight is 390 g/mol. The van der Waals surface area contributed by atoms with E-state index in [0.29, 0.717) is 12.3 Å². The van der Waals surface area contributed by atoms with Crippen LogP contribution in [-0.4, -0.2) is 42.1 Å². The van der Waals surface area contributed by atoms with Crippen LogP contribution in [0.4, 0.5) is 8.78 Å². The van der Waals surface area contributed by atoms with Crippen LogP contribution in [0.2, 0.25) is 0 Å². The van der Waals surface area contributed by atoms with Crippen molar-refractivity contribution in [3.8, 4) is 0 Å². The van der Waals surface area contributed by atoms with Crippen molar-refractivity contribution in [3.63, 3.8) is 0 Å². The van der Waals surface area contributed by atoms with E-state index in [9.17, 15) is 13.6 Å². The van der Waals surface area contributed by atoms with Gasteiger partial charge in [-0.2, -0.15) is 0 Å². The van der Waals surface area contributed by atoms with Crippen molar-refractivity contribution in [2.45, 2.75) is 43.9 Å². The molecule has 28 heavy (non-hydrogen) atoms. The molecule has 7 heteroatoms. The molecule has 2 aliphatic heterocycles. The van der Waals surface area contributed by atoms with Gasteiger partial charge in [0, 0.05) is 31.7 Å². The maximum Gasteiger partial charge on any atom is 0.287 e. The average Bonchev–Trinajstić information content (AvgIpc) is 3.35. The minimum atomic E-state index is -0.496. The van der Waals surface area contributed by atoms with Gasteiger partial charge in [-0.3, -0.25) is 9.69 Å². The Bertz CT molecular complexity index is 797. The lowest BCUT2D eigenvalue weighted by molar-refractivity contribution is -0.0766. The molecule has 0 aliphatic carbocycles. The molecular formula is C21H24F2N2O3. The first-order chi connectivity index (χ1) is 13.5. The molecule has 0 radical (unpaired) electrons. The topological polar surface area (TPSA) is 54.7 Å². The zero-order valence-corrected chi connectivity index (χ0v) is 15.6. The Labute approximate surface area is 162 Å². The Morgan fingerprint density at radius 1 is 1.14 bits per heavy atom. The summed E-state index contributed by atoms with van der Waals surface area (Å²) in [6.07, 6.45) is 4.93. The fraction of sp³-hybridized carbons (Fsp3) is 0.476. The van der Waals surface area contributed by atoms with Crippen LogP contribution in [0.15, 0.2) is 41.0 Å². The summed E-state index contributed by atoms with van der Waals surface area (Å²) < 4.78 is 39.1. The van der Waals surface area contributed by atoms with Gasteiger partial charge in [0.05, 0.1) is 18.0 Å². The fourth-order valence-corrected chi connectivity index (χ4v) is 4.13. The number of hydrogen-bond donors (Lipinski definition) is 1. The quantitative estimate of drug-likeness (QED) is 0.849. The summed E-state index contributed by atoms with van der Waals surface area (Å²) in [4.78, 5) is 14.0. The monoisotopic (exact) mass is 390 g/mol. The van der Waals surface area contributed by atoms with Crippen LogP contribution in [0.5, 0.6) is 0 Å². The standard InChI is InChI=1S/C21H24F2N2O3/c22-17-3-1-4-18(23)16(17)14-25-10-8-21(9-11-25)7-6-15(28-21)13-24-20(26)19-5-2-12-27-19/h1-5,12,15H,6-11,13-14H2,(H,24,26)/t15-/m1/s1. The number of hydrogen-bond acceptors (Lipinski definition) is 4. The number of nitrogens with zero attached hydrogens (tertiary/aromatic N) is 1. The molecule has 3 heterocycles. The van der Waals surface area contributed by atoms with Gasteiger partial charge in [-0.25, -0.2) is 8.78 Å². The highest BCUT2D eigenvalue weighted by atomic mass is 19.1. The third-order valence-electron chi connectivity index (χ3n) is 5.78. The van der Waals surface area contributed by atoms with Crippen molar-refractivity contribution in [2.75, 3.05) is 19.6 Å². The second-order valence-electron chi connectivity index (χ2n) is 7.63. The van der Waals surface area contributed by atoms with Gasteiger partial charge in [0.1, 0.15) is 11.6 Å². The van der Waals surface area contributed by atoms with E-state index in [0.717, 1.165) is 38.8 Å². The van der Waals surface area contributed by atoms with Gasteiger partial charge < -0.3 is 14.5 Å². The van der Waals surface area contributed by atoms with E-state index in [-0.39, 0.29) is 29.7 Å². The van der Waals surface area contributed by atoms with Crippen LogP contribution in [0.25, 0.3) is 0 Å². The molecule has 2 aliphatic rings. The second-order valence-corrected chi connectivity index (χ2v) is 7.63. The van der Waals surface area contributed by atoms with Gasteiger partial charge in [-0.1, -0.05) is 6.07 Å². The van der Waals surface area contributed by atoms with Crippen LogP contribution >= 0.6 is 0 Å². The molecule has 0 bridgehead atoms. The van der Waals surface area contributed by atoms with Crippen LogP contribution in [-0.2, 0) is 11.3 Å². The first kappa shape index (κ1) is 19.1. The van der Waals surface area contributed by atoms with Crippen LogP contribution in [0, 0.1) is 11.6 Å². The molecule has 1 atom stereocenters. The van der Waals surface area contributed by atoms with Crippen molar-refractivity contribution in [2.24, 2.45) is 0 Å². The molecule has 0 unspecified atom stereocenters. The zero-order chi connectivity index (χ0) is 19.6. The van der Waals surface area contributed by atoms with Crippen molar-refractivity contribution < 1.29 is 22.7 Å². The number of halogens is 2. The highest BCUT2D eigenvalue weighted by Crippen LogP contribution is 2.39. The van der Waals surface area contributed by atoms with Crippen LogP contribution in [0.1, 0.15) is 41.8 Å². The molecule has 1 aromatic carbocycles. The molecule has 0 saturated carbocycles. The number of carbonyl (C=O) groups is 1. The van der Waals surface area contributed by atoms with Crippen LogP contribution < -0.4 is 5.32 Å². The third kappa shape index (κ3) is 4.10. The summed E-state index contributed by atoms with van der Waals surface area (Å²) in [6, 6.07) is 7.28. The Balaban J connectivity index is 1.26. The van der Waals surface area contributed by atoms with Gasteiger partial charge in [-0.15, -0.1) is 0 Å². The molecule has 1 aromatic heterocycles. The van der Waals surface area contributed by atoms with E-state index in [4.69, 9.17) is 9.15 Å². The highest BCUT2D eigenvalue weighted by Gasteiger charge is 2.42. The summed E-state index contributed by atoms with van der Waals surface area (Å²) in [5.41, 5.74) is -0.0611. The lowest BCUT2D eigenvalue weighted by Crippen LogP contribution is -2.45. The fourth-order valence-electron chi connectivity index (χ4n) is 4.13. The maximum atomic E-state index is 13.9. The number of benzene rings is 1. The molecule has 2 saturated heterocycles. The van der Waals surface area contributed by atoms with E-state index < -0.39 is 11.6 Å². The predicted octanol–water partition coefficient (Wildman–Crippen LogP) is 3.50. The molecule has 2 aromatic rings. The number of likely N-dealkylation sites (tertiary alicyclic amines) is 1. The highest BCUT2D eigenvalue weighted by molar-refractivity contribution is 5.91. The molecule has 2 fully saturated rings. The van der Waals surface area contributed by atoms with Gasteiger partial charge in [0.2, 0.25) is 0 Å². The third-order valence-corrected chi connectivity index (χ3v) is 5.78. The number of piperidine rings is 1. The smallest absolute Gasteiger partial charge is 0.287 e. The molecular weight excluding hydrogens is 366 g/mol. The summed E-state index contributed by atoms with van der Waals surface area (Å²) in [7, 11) is 0. The molecule has 150 valence electrons. The number of carbonyl (C=O) groups excluding carboxylic acids is 1. The Morgan fingerprint density at radius 2 is 1.89 bits per heavy atom. The first-order valence-corrected chi connectivity index (χ1v) is 9.69. The largest absolute Gasteiger partial charge is 0.459 e. The number of furan rings is 1. The number of rotatable bonds is 5. The summed E-state index contributed by atoms with van der Waals surface area (Å²) >= 11 is 0. The molecule has 4 rings (SSSR count). The van der Waals surface area contributed by atoms with Crippen molar-refractivity contribution in [1.29, 1.82) is 0 Å².